The predicted octanol–water partition coefficient (Wildman–Crippen LogP) is 3.68. The van der Waals surface area contributed by atoms with Crippen molar-refractivity contribution in [3.05, 3.63) is 71.9 Å². The Morgan fingerprint density at radius 2 is 1.90 bits per heavy atom. The van der Waals surface area contributed by atoms with Crippen LogP contribution in [0, 0.1) is 0 Å². The average Bonchev–Trinajstić information content (AvgIpc) is 2.54. The van der Waals surface area contributed by atoms with E-state index in [2.05, 4.69) is 17.1 Å². The smallest absolute Gasteiger partial charge is 0.119 e. The molecular weight excluding hydrogens is 260 g/mol. The molecule has 2 N–H and O–H groups in total. The van der Waals surface area contributed by atoms with E-state index in [1.165, 1.54) is 0 Å². The third-order valence-electron chi connectivity index (χ3n) is 3.53. The van der Waals surface area contributed by atoms with E-state index < -0.39 is 0 Å². The molecule has 1 heterocycles. The molecule has 0 bridgehead atoms. The second-order valence-corrected chi connectivity index (χ2v) is 4.91. The van der Waals surface area contributed by atoms with E-state index in [1.54, 1.807) is 6.20 Å². The zero-order chi connectivity index (χ0) is 14.7. The van der Waals surface area contributed by atoms with Gasteiger partial charge in [0.25, 0.3) is 0 Å². The van der Waals surface area contributed by atoms with Crippen molar-refractivity contribution < 1.29 is 4.74 Å². The standard InChI is InChI=1S/C18H18N2O/c1-2-21-15-9-3-7-14(12-15)17(19)16-10-4-6-13-8-5-11-20-18(13)16/h3-12,17H,2,19H2,1H3. The number of para-hydroxylation sites is 1. The molecule has 3 nitrogen and oxygen atoms in total. The van der Waals surface area contributed by atoms with Crippen molar-refractivity contribution in [3.63, 3.8) is 0 Å². The fourth-order valence-electron chi connectivity index (χ4n) is 2.52. The van der Waals surface area contributed by atoms with Gasteiger partial charge in [0, 0.05) is 11.6 Å². The van der Waals surface area contributed by atoms with Crippen LogP contribution < -0.4 is 10.5 Å². The van der Waals surface area contributed by atoms with Crippen molar-refractivity contribution in [2.45, 2.75) is 13.0 Å². The summed E-state index contributed by atoms with van der Waals surface area (Å²) in [4.78, 5) is 4.48. The second kappa shape index (κ2) is 5.94. The molecule has 2 aromatic carbocycles. The van der Waals surface area contributed by atoms with E-state index in [-0.39, 0.29) is 6.04 Å². The van der Waals surface area contributed by atoms with Gasteiger partial charge in [-0.2, -0.15) is 0 Å². The van der Waals surface area contributed by atoms with Gasteiger partial charge in [0.2, 0.25) is 0 Å². The Labute approximate surface area is 124 Å². The largest absolute Gasteiger partial charge is 0.494 e. The Kier molecular flexibility index (Phi) is 3.84. The van der Waals surface area contributed by atoms with Crippen LogP contribution in [0.2, 0.25) is 0 Å². The van der Waals surface area contributed by atoms with E-state index in [9.17, 15) is 0 Å². The summed E-state index contributed by atoms with van der Waals surface area (Å²) in [6, 6.07) is 17.8. The predicted molar refractivity (Wildman–Crippen MR) is 85.4 cm³/mol. The molecule has 0 saturated carbocycles. The normalized spacial score (nSPS) is 12.3. The van der Waals surface area contributed by atoms with Crippen LogP contribution in [0.4, 0.5) is 0 Å². The number of ether oxygens (including phenoxy) is 1. The monoisotopic (exact) mass is 278 g/mol. The highest BCUT2D eigenvalue weighted by molar-refractivity contribution is 5.82. The lowest BCUT2D eigenvalue weighted by atomic mass is 9.97. The number of rotatable bonds is 4. The number of hydrogen-bond donors (Lipinski definition) is 1. The second-order valence-electron chi connectivity index (χ2n) is 4.91. The summed E-state index contributed by atoms with van der Waals surface area (Å²) in [5.74, 6) is 0.846. The van der Waals surface area contributed by atoms with Gasteiger partial charge in [-0.05, 0) is 36.2 Å². The molecule has 0 aliphatic carbocycles. The van der Waals surface area contributed by atoms with Gasteiger partial charge in [-0.15, -0.1) is 0 Å². The Bertz CT molecular complexity index is 750. The summed E-state index contributed by atoms with van der Waals surface area (Å²) in [5, 5.41) is 1.10. The molecule has 0 aliphatic rings. The summed E-state index contributed by atoms with van der Waals surface area (Å²) in [5.41, 5.74) is 9.46. The zero-order valence-corrected chi connectivity index (χ0v) is 12.0. The molecule has 3 aromatic rings. The molecule has 0 spiro atoms. The third kappa shape index (κ3) is 2.73. The van der Waals surface area contributed by atoms with Crippen LogP contribution in [-0.4, -0.2) is 11.6 Å². The van der Waals surface area contributed by atoms with E-state index in [0.29, 0.717) is 6.61 Å². The SMILES string of the molecule is CCOc1cccc(C(N)c2cccc3cccnc23)c1. The first-order chi connectivity index (χ1) is 10.3. The molecule has 0 saturated heterocycles. The fourth-order valence-corrected chi connectivity index (χ4v) is 2.52. The maximum absolute atomic E-state index is 6.45. The molecule has 0 aliphatic heterocycles. The lowest BCUT2D eigenvalue weighted by Gasteiger charge is -2.15. The van der Waals surface area contributed by atoms with E-state index in [0.717, 1.165) is 27.8 Å². The Morgan fingerprint density at radius 3 is 2.76 bits per heavy atom. The first kappa shape index (κ1) is 13.6. The molecule has 1 unspecified atom stereocenters. The Hall–Kier alpha value is -2.39. The van der Waals surface area contributed by atoms with Crippen molar-refractivity contribution >= 4 is 10.9 Å². The summed E-state index contributed by atoms with van der Waals surface area (Å²) in [6.45, 7) is 2.62. The van der Waals surface area contributed by atoms with Crippen LogP contribution >= 0.6 is 0 Å². The van der Waals surface area contributed by atoms with Crippen molar-refractivity contribution in [2.75, 3.05) is 6.61 Å². The maximum atomic E-state index is 6.45. The number of nitrogens with two attached hydrogens (primary N) is 1. The van der Waals surface area contributed by atoms with Gasteiger partial charge >= 0.3 is 0 Å². The molecule has 0 radical (unpaired) electrons. The van der Waals surface area contributed by atoms with Crippen LogP contribution in [0.5, 0.6) is 5.75 Å². The molecule has 0 amide bonds. The van der Waals surface area contributed by atoms with Gasteiger partial charge in [-0.1, -0.05) is 36.4 Å². The fraction of sp³-hybridized carbons (Fsp3) is 0.167. The number of fused-ring (bicyclic) bond motifs is 1. The number of pyridine rings is 1. The van der Waals surface area contributed by atoms with Crippen molar-refractivity contribution in [3.8, 4) is 5.75 Å². The van der Waals surface area contributed by atoms with Gasteiger partial charge in [0.05, 0.1) is 18.2 Å². The van der Waals surface area contributed by atoms with Gasteiger partial charge in [-0.3, -0.25) is 4.98 Å². The molecule has 1 aromatic heterocycles. The number of aromatic nitrogens is 1. The van der Waals surface area contributed by atoms with Gasteiger partial charge in [-0.25, -0.2) is 0 Å². The van der Waals surface area contributed by atoms with E-state index >= 15 is 0 Å². The minimum absolute atomic E-state index is 0.219. The summed E-state index contributed by atoms with van der Waals surface area (Å²) >= 11 is 0. The molecule has 3 rings (SSSR count). The lowest BCUT2D eigenvalue weighted by molar-refractivity contribution is 0.340. The van der Waals surface area contributed by atoms with Gasteiger partial charge in [0.15, 0.2) is 0 Å². The highest BCUT2D eigenvalue weighted by Gasteiger charge is 2.13. The number of benzene rings is 2. The number of hydrogen-bond acceptors (Lipinski definition) is 3. The topological polar surface area (TPSA) is 48.1 Å². The maximum Gasteiger partial charge on any atom is 0.119 e. The lowest BCUT2D eigenvalue weighted by Crippen LogP contribution is -2.12. The minimum atomic E-state index is -0.219. The summed E-state index contributed by atoms with van der Waals surface area (Å²) in [6.07, 6.45) is 1.80. The molecule has 3 heteroatoms. The van der Waals surface area contributed by atoms with Crippen molar-refractivity contribution in [1.82, 2.24) is 4.98 Å². The number of nitrogens with zero attached hydrogens (tertiary/aromatic N) is 1. The van der Waals surface area contributed by atoms with Crippen molar-refractivity contribution in [1.29, 1.82) is 0 Å². The van der Waals surface area contributed by atoms with Crippen LogP contribution in [0.3, 0.4) is 0 Å². The van der Waals surface area contributed by atoms with Gasteiger partial charge < -0.3 is 10.5 Å². The molecule has 106 valence electrons. The quantitative estimate of drug-likeness (QED) is 0.792. The highest BCUT2D eigenvalue weighted by Crippen LogP contribution is 2.27. The van der Waals surface area contributed by atoms with E-state index in [1.807, 2.05) is 49.4 Å². The molecule has 0 fully saturated rings. The third-order valence-corrected chi connectivity index (χ3v) is 3.53. The van der Waals surface area contributed by atoms with E-state index in [4.69, 9.17) is 10.5 Å². The Balaban J connectivity index is 2.04. The first-order valence-electron chi connectivity index (χ1n) is 7.11. The molecule has 21 heavy (non-hydrogen) atoms. The average molecular weight is 278 g/mol. The Morgan fingerprint density at radius 1 is 1.10 bits per heavy atom. The van der Waals surface area contributed by atoms with Crippen LogP contribution in [0.25, 0.3) is 10.9 Å². The van der Waals surface area contributed by atoms with Crippen molar-refractivity contribution in [2.24, 2.45) is 5.73 Å². The first-order valence-corrected chi connectivity index (χ1v) is 7.11. The molecular formula is C18H18N2O. The zero-order valence-electron chi connectivity index (χ0n) is 12.0. The minimum Gasteiger partial charge on any atom is -0.494 e. The highest BCUT2D eigenvalue weighted by atomic mass is 16.5. The van der Waals surface area contributed by atoms with Crippen LogP contribution in [-0.2, 0) is 0 Å². The van der Waals surface area contributed by atoms with Crippen LogP contribution in [0.15, 0.2) is 60.8 Å². The van der Waals surface area contributed by atoms with Gasteiger partial charge in [0.1, 0.15) is 5.75 Å². The summed E-state index contributed by atoms with van der Waals surface area (Å²) < 4.78 is 5.55. The van der Waals surface area contributed by atoms with Crippen LogP contribution in [0.1, 0.15) is 24.1 Å². The summed E-state index contributed by atoms with van der Waals surface area (Å²) in [7, 11) is 0. The molecule has 1 atom stereocenters.